The second-order valence-electron chi connectivity index (χ2n) is 6.99. The van der Waals surface area contributed by atoms with Crippen molar-refractivity contribution in [1.82, 2.24) is 0 Å². The molecule has 3 rings (SSSR count). The Morgan fingerprint density at radius 3 is 2.10 bits per heavy atom. The van der Waals surface area contributed by atoms with Gasteiger partial charge in [0.1, 0.15) is 0 Å². The van der Waals surface area contributed by atoms with Crippen molar-refractivity contribution in [2.75, 3.05) is 16.4 Å². The first-order valence-electron chi connectivity index (χ1n) is 9.29. The molecular weight excluding hydrogens is 446 g/mol. The first-order valence-corrected chi connectivity index (χ1v) is 10.6. The van der Waals surface area contributed by atoms with Gasteiger partial charge in [0.05, 0.1) is 32.5 Å². The first kappa shape index (κ1) is 23.1. The van der Waals surface area contributed by atoms with Crippen molar-refractivity contribution >= 4 is 33.8 Å². The molecule has 0 aromatic heterocycles. The highest BCUT2D eigenvalue weighted by Gasteiger charge is 2.37. The van der Waals surface area contributed by atoms with Gasteiger partial charge in [-0.25, -0.2) is 0 Å². The van der Waals surface area contributed by atoms with Crippen molar-refractivity contribution in [1.29, 1.82) is 0 Å². The number of nitrogens with one attached hydrogen (secondary N) is 2. The van der Waals surface area contributed by atoms with Gasteiger partial charge < -0.3 is 10.6 Å². The Labute approximate surface area is 176 Å². The van der Waals surface area contributed by atoms with E-state index in [0.717, 1.165) is 24.3 Å². The molecule has 1 unspecified atom stereocenters. The van der Waals surface area contributed by atoms with E-state index >= 15 is 0 Å². The quantitative estimate of drug-likeness (QED) is 0.520. The van der Waals surface area contributed by atoms with Crippen LogP contribution >= 0.6 is 0 Å². The van der Waals surface area contributed by atoms with Gasteiger partial charge in [-0.15, -0.1) is 0 Å². The summed E-state index contributed by atoms with van der Waals surface area (Å²) >= 11 is 0. The number of amides is 1. The standard InChI is InChI=1S/C20H18F6N2O2S/c1-2-31(30)17-8-6-12(10-15(17)20(24,25)26)27-16-7-5-13(9-14(16)19(21,22)23)28-18(29)11-3-4-11/h5-11,27H,2-4H2,1H3,(H,28,29). The lowest BCUT2D eigenvalue weighted by Gasteiger charge is -2.18. The highest BCUT2D eigenvalue weighted by atomic mass is 32.2. The number of anilines is 3. The van der Waals surface area contributed by atoms with Crippen LogP contribution in [0.25, 0.3) is 0 Å². The number of hydrogen-bond donors (Lipinski definition) is 2. The molecule has 2 N–H and O–H groups in total. The Balaban J connectivity index is 1.95. The number of rotatable bonds is 6. The van der Waals surface area contributed by atoms with Gasteiger partial charge >= 0.3 is 12.4 Å². The molecule has 11 heteroatoms. The number of alkyl halides is 6. The van der Waals surface area contributed by atoms with Crippen LogP contribution in [0, 0.1) is 5.92 Å². The summed E-state index contributed by atoms with van der Waals surface area (Å²) < 4.78 is 92.8. The Kier molecular flexibility index (Phi) is 6.35. The third-order valence-electron chi connectivity index (χ3n) is 4.61. The lowest BCUT2D eigenvalue weighted by atomic mass is 10.1. The molecule has 1 aliphatic carbocycles. The lowest BCUT2D eigenvalue weighted by molar-refractivity contribution is -0.140. The van der Waals surface area contributed by atoms with E-state index in [9.17, 15) is 35.3 Å². The zero-order valence-electron chi connectivity index (χ0n) is 16.2. The average Bonchev–Trinajstić information content (AvgIpc) is 3.52. The summed E-state index contributed by atoms with van der Waals surface area (Å²) in [5.41, 5.74) is -3.10. The molecule has 2 aromatic carbocycles. The fraction of sp³-hybridized carbons (Fsp3) is 0.350. The maximum absolute atomic E-state index is 13.6. The van der Waals surface area contributed by atoms with Gasteiger partial charge in [-0.1, -0.05) is 6.92 Å². The summed E-state index contributed by atoms with van der Waals surface area (Å²) in [7, 11) is -1.90. The van der Waals surface area contributed by atoms with Gasteiger partial charge in [0.15, 0.2) is 0 Å². The van der Waals surface area contributed by atoms with E-state index in [1.165, 1.54) is 13.0 Å². The number of carbonyl (C=O) groups excluding carboxylic acids is 1. The van der Waals surface area contributed by atoms with Crippen LogP contribution in [0.2, 0.25) is 0 Å². The van der Waals surface area contributed by atoms with Crippen molar-refractivity contribution in [3.63, 3.8) is 0 Å². The second kappa shape index (κ2) is 8.52. The van der Waals surface area contributed by atoms with E-state index in [-0.39, 0.29) is 29.0 Å². The Morgan fingerprint density at radius 1 is 0.968 bits per heavy atom. The number of hydrogen-bond acceptors (Lipinski definition) is 3. The van der Waals surface area contributed by atoms with Crippen molar-refractivity contribution in [3.8, 4) is 0 Å². The van der Waals surface area contributed by atoms with Crippen molar-refractivity contribution in [3.05, 3.63) is 47.5 Å². The van der Waals surface area contributed by atoms with Gasteiger partial charge in [-0.3, -0.25) is 9.00 Å². The van der Waals surface area contributed by atoms with E-state index in [0.29, 0.717) is 18.9 Å². The predicted octanol–water partition coefficient (Wildman–Crippen LogP) is 5.94. The third-order valence-corrected chi connectivity index (χ3v) is 5.98. The zero-order valence-corrected chi connectivity index (χ0v) is 17.0. The van der Waals surface area contributed by atoms with Crippen LogP contribution in [0.15, 0.2) is 41.3 Å². The average molecular weight is 464 g/mol. The molecule has 2 aromatic rings. The second-order valence-corrected chi connectivity index (χ2v) is 8.70. The van der Waals surface area contributed by atoms with E-state index in [2.05, 4.69) is 10.6 Å². The predicted molar refractivity (Wildman–Crippen MR) is 104 cm³/mol. The minimum Gasteiger partial charge on any atom is -0.355 e. The van der Waals surface area contributed by atoms with Crippen LogP contribution in [-0.2, 0) is 27.9 Å². The van der Waals surface area contributed by atoms with Crippen molar-refractivity contribution in [2.24, 2.45) is 5.92 Å². The molecule has 0 spiro atoms. The highest BCUT2D eigenvalue weighted by molar-refractivity contribution is 7.85. The van der Waals surface area contributed by atoms with Gasteiger partial charge in [0.2, 0.25) is 5.91 Å². The molecule has 0 radical (unpaired) electrons. The first-order chi connectivity index (χ1) is 14.4. The zero-order chi connectivity index (χ0) is 23.0. The fourth-order valence-corrected chi connectivity index (χ4v) is 3.84. The number of carbonyl (C=O) groups is 1. The molecule has 4 nitrogen and oxygen atoms in total. The fourth-order valence-electron chi connectivity index (χ4n) is 2.89. The Hall–Kier alpha value is -2.56. The van der Waals surface area contributed by atoms with E-state index in [4.69, 9.17) is 0 Å². The van der Waals surface area contributed by atoms with Crippen LogP contribution in [-0.4, -0.2) is 15.9 Å². The van der Waals surface area contributed by atoms with Gasteiger partial charge in [-0.05, 0) is 49.2 Å². The lowest BCUT2D eigenvalue weighted by Crippen LogP contribution is -2.15. The molecule has 0 aliphatic heterocycles. The molecule has 0 bridgehead atoms. The molecule has 1 saturated carbocycles. The molecule has 1 fully saturated rings. The molecule has 1 atom stereocenters. The summed E-state index contributed by atoms with van der Waals surface area (Å²) in [6.45, 7) is 1.46. The van der Waals surface area contributed by atoms with E-state index < -0.39 is 44.9 Å². The maximum Gasteiger partial charge on any atom is 0.418 e. The van der Waals surface area contributed by atoms with E-state index in [1.54, 1.807) is 0 Å². The summed E-state index contributed by atoms with van der Waals surface area (Å²) in [4.78, 5) is 11.4. The third kappa shape index (κ3) is 5.57. The van der Waals surface area contributed by atoms with Crippen molar-refractivity contribution in [2.45, 2.75) is 37.0 Å². The number of benzene rings is 2. The van der Waals surface area contributed by atoms with Gasteiger partial charge in [0, 0.05) is 23.0 Å². The largest absolute Gasteiger partial charge is 0.418 e. The molecule has 0 heterocycles. The topological polar surface area (TPSA) is 58.2 Å². The van der Waals surface area contributed by atoms with Gasteiger partial charge in [-0.2, -0.15) is 26.3 Å². The SMILES string of the molecule is CCS(=O)c1ccc(Nc2ccc(NC(=O)C3CC3)cc2C(F)(F)F)cc1C(F)(F)F. The summed E-state index contributed by atoms with van der Waals surface area (Å²) in [6, 6.07) is 5.77. The van der Waals surface area contributed by atoms with E-state index in [1.807, 2.05) is 0 Å². The van der Waals surface area contributed by atoms with Crippen LogP contribution < -0.4 is 10.6 Å². The Morgan fingerprint density at radius 2 is 1.55 bits per heavy atom. The minimum absolute atomic E-state index is 0.0396. The molecule has 168 valence electrons. The molecular formula is C20H18F6N2O2S. The summed E-state index contributed by atoms with van der Waals surface area (Å²) in [6.07, 6.45) is -8.29. The van der Waals surface area contributed by atoms with Crippen LogP contribution in [0.4, 0.5) is 43.4 Å². The maximum atomic E-state index is 13.6. The molecule has 1 amide bonds. The summed E-state index contributed by atoms with van der Waals surface area (Å²) in [5.74, 6) is -0.620. The Bertz CT molecular complexity index is 1020. The van der Waals surface area contributed by atoms with Crippen LogP contribution in [0.1, 0.15) is 30.9 Å². The summed E-state index contributed by atoms with van der Waals surface area (Å²) in [5, 5.41) is 4.77. The molecule has 0 saturated heterocycles. The number of halogens is 6. The van der Waals surface area contributed by atoms with Crippen molar-refractivity contribution < 1.29 is 35.3 Å². The van der Waals surface area contributed by atoms with Crippen LogP contribution in [0.5, 0.6) is 0 Å². The minimum atomic E-state index is -4.83. The normalized spacial score (nSPS) is 15.5. The molecule has 31 heavy (non-hydrogen) atoms. The van der Waals surface area contributed by atoms with Gasteiger partial charge in [0.25, 0.3) is 0 Å². The smallest absolute Gasteiger partial charge is 0.355 e. The monoisotopic (exact) mass is 464 g/mol. The van der Waals surface area contributed by atoms with Crippen LogP contribution in [0.3, 0.4) is 0 Å². The highest BCUT2D eigenvalue weighted by Crippen LogP contribution is 2.40. The molecule has 1 aliphatic rings.